The van der Waals surface area contributed by atoms with Crippen molar-refractivity contribution in [3.8, 4) is 11.3 Å². The first-order valence-electron chi connectivity index (χ1n) is 10.1. The molecule has 2 heterocycles. The lowest BCUT2D eigenvalue weighted by atomic mass is 10.1. The number of hydrogen-bond acceptors (Lipinski definition) is 5. The van der Waals surface area contributed by atoms with Gasteiger partial charge in [-0.1, -0.05) is 38.1 Å². The van der Waals surface area contributed by atoms with Gasteiger partial charge in [-0.25, -0.2) is 4.39 Å². The van der Waals surface area contributed by atoms with Crippen molar-refractivity contribution in [1.29, 1.82) is 0 Å². The van der Waals surface area contributed by atoms with Gasteiger partial charge in [0.05, 0.1) is 23.0 Å². The summed E-state index contributed by atoms with van der Waals surface area (Å²) in [6.45, 7) is 9.46. The molecule has 0 saturated heterocycles. The molecule has 1 aromatic carbocycles. The first-order chi connectivity index (χ1) is 15.4. The van der Waals surface area contributed by atoms with Gasteiger partial charge in [0, 0.05) is 47.0 Å². The number of aliphatic hydroxyl groups is 1. The molecule has 32 heavy (non-hydrogen) atoms. The van der Waals surface area contributed by atoms with Crippen molar-refractivity contribution in [3.05, 3.63) is 77.5 Å². The van der Waals surface area contributed by atoms with Crippen LogP contribution in [-0.2, 0) is 0 Å². The number of carbonyl (C=O) groups is 1. The highest BCUT2D eigenvalue weighted by molar-refractivity contribution is 6.30. The van der Waals surface area contributed by atoms with E-state index in [4.69, 9.17) is 11.6 Å². The summed E-state index contributed by atoms with van der Waals surface area (Å²) in [6, 6.07) is 7.54. The number of benzene rings is 1. The van der Waals surface area contributed by atoms with Gasteiger partial charge in [0.2, 0.25) is 0 Å². The number of halogens is 2. The number of amides is 1. The largest absolute Gasteiger partial charge is 0.392 e. The maximum atomic E-state index is 14.3. The van der Waals surface area contributed by atoms with Crippen LogP contribution in [0.15, 0.2) is 55.5 Å². The number of rotatable bonds is 7. The van der Waals surface area contributed by atoms with Gasteiger partial charge in [0.25, 0.3) is 5.91 Å². The third kappa shape index (κ3) is 6.35. The van der Waals surface area contributed by atoms with Crippen LogP contribution < -0.4 is 10.6 Å². The van der Waals surface area contributed by atoms with Crippen LogP contribution in [0.4, 0.5) is 15.8 Å². The molecule has 0 radical (unpaired) electrons. The van der Waals surface area contributed by atoms with E-state index in [1.165, 1.54) is 24.4 Å². The lowest BCUT2D eigenvalue weighted by Crippen LogP contribution is -2.31. The number of hydrogen-bond donors (Lipinski definition) is 3. The topological polar surface area (TPSA) is 87.1 Å². The highest BCUT2D eigenvalue weighted by atomic mass is 35.5. The molecule has 168 valence electrons. The average Bonchev–Trinajstić information content (AvgIpc) is 2.80. The normalized spacial score (nSPS) is 11.1. The van der Waals surface area contributed by atoms with Gasteiger partial charge in [0.15, 0.2) is 0 Å². The van der Waals surface area contributed by atoms with Crippen molar-refractivity contribution in [2.75, 3.05) is 11.9 Å². The molecular formula is C24H26ClFN4O2. The van der Waals surface area contributed by atoms with Crippen molar-refractivity contribution in [1.82, 2.24) is 15.3 Å². The van der Waals surface area contributed by atoms with Gasteiger partial charge in [-0.05, 0) is 37.3 Å². The summed E-state index contributed by atoms with van der Waals surface area (Å²) in [5.74, 6) is -0.840. The van der Waals surface area contributed by atoms with Crippen molar-refractivity contribution in [2.45, 2.75) is 26.9 Å². The molecule has 0 aliphatic heterocycles. The summed E-state index contributed by atoms with van der Waals surface area (Å²) in [5.41, 5.74) is 2.64. The molecule has 1 atom stereocenters. The molecule has 0 saturated carbocycles. The van der Waals surface area contributed by atoms with Crippen molar-refractivity contribution < 1.29 is 14.3 Å². The molecule has 3 aromatic rings. The molecule has 3 N–H and O–H groups in total. The van der Waals surface area contributed by atoms with Crippen molar-refractivity contribution in [3.63, 3.8) is 0 Å². The molecule has 2 aromatic heterocycles. The van der Waals surface area contributed by atoms with Crippen LogP contribution in [0, 0.1) is 5.82 Å². The molecule has 8 heteroatoms. The summed E-state index contributed by atoms with van der Waals surface area (Å²) < 4.78 is 14.3. The summed E-state index contributed by atoms with van der Waals surface area (Å²) >= 11 is 6.01. The van der Waals surface area contributed by atoms with E-state index in [1.54, 1.807) is 37.5 Å². The van der Waals surface area contributed by atoms with Crippen molar-refractivity contribution >= 4 is 35.0 Å². The minimum atomic E-state index is -0.676. The predicted molar refractivity (Wildman–Crippen MR) is 128 cm³/mol. The van der Waals surface area contributed by atoms with E-state index in [-0.39, 0.29) is 18.0 Å². The van der Waals surface area contributed by atoms with E-state index in [0.29, 0.717) is 33.2 Å². The quantitative estimate of drug-likeness (QED) is 0.439. The number of nitrogens with zero attached hydrogens (tertiary/aromatic N) is 2. The fourth-order valence-electron chi connectivity index (χ4n) is 2.74. The van der Waals surface area contributed by atoms with E-state index in [1.807, 2.05) is 13.8 Å². The summed E-state index contributed by atoms with van der Waals surface area (Å²) in [6.07, 6.45) is 5.44. The van der Waals surface area contributed by atoms with Gasteiger partial charge >= 0.3 is 0 Å². The van der Waals surface area contributed by atoms with Crippen LogP contribution in [-0.4, -0.2) is 33.6 Å². The molecule has 6 nitrogen and oxygen atoms in total. The van der Waals surface area contributed by atoms with Crippen molar-refractivity contribution in [2.24, 2.45) is 0 Å². The Labute approximate surface area is 192 Å². The van der Waals surface area contributed by atoms with Crippen LogP contribution in [0.3, 0.4) is 0 Å². The third-order valence-corrected chi connectivity index (χ3v) is 4.49. The minimum Gasteiger partial charge on any atom is -0.392 e. The lowest BCUT2D eigenvalue weighted by molar-refractivity contribution is 0.0924. The average molecular weight is 457 g/mol. The van der Waals surface area contributed by atoms with Gasteiger partial charge in [-0.2, -0.15) is 0 Å². The Morgan fingerprint density at radius 1 is 1.25 bits per heavy atom. The summed E-state index contributed by atoms with van der Waals surface area (Å²) in [5, 5.41) is 15.6. The Morgan fingerprint density at radius 3 is 2.69 bits per heavy atom. The second-order valence-electron chi connectivity index (χ2n) is 6.59. The fraction of sp³-hybridized carbons (Fsp3) is 0.208. The zero-order chi connectivity index (χ0) is 23.7. The maximum Gasteiger partial charge on any atom is 0.255 e. The number of pyridine rings is 2. The standard InChI is InChI=1S/C22H20ClFN4O2.C2H6/c1-3-14-11-26-21(16-8-15(23)4-5-18(16)24)9-20(14)28-19-6-7-25-12-17(19)22(30)27-10-13(2)29;1-2/h3-9,11-13,29H,1,10H2,2H3,(H,27,30)(H,25,26,28);1-2H3. The maximum absolute atomic E-state index is 14.3. The zero-order valence-corrected chi connectivity index (χ0v) is 18.9. The monoisotopic (exact) mass is 456 g/mol. The van der Waals surface area contributed by atoms with E-state index in [0.717, 1.165) is 0 Å². The second-order valence-corrected chi connectivity index (χ2v) is 7.03. The van der Waals surface area contributed by atoms with Gasteiger partial charge in [-0.15, -0.1) is 0 Å². The molecule has 0 aliphatic carbocycles. The second kappa shape index (κ2) is 11.9. The molecule has 1 amide bonds. The van der Waals surface area contributed by atoms with Crippen LogP contribution in [0.5, 0.6) is 0 Å². The first-order valence-corrected chi connectivity index (χ1v) is 10.5. The van der Waals surface area contributed by atoms with Gasteiger partial charge in [-0.3, -0.25) is 14.8 Å². The lowest BCUT2D eigenvalue weighted by Gasteiger charge is -2.15. The third-order valence-electron chi connectivity index (χ3n) is 4.25. The molecule has 1 unspecified atom stereocenters. The van der Waals surface area contributed by atoms with Crippen LogP contribution in [0.25, 0.3) is 17.3 Å². The molecule has 3 rings (SSSR count). The molecular weight excluding hydrogens is 431 g/mol. The Morgan fingerprint density at radius 2 is 2.00 bits per heavy atom. The van der Waals surface area contributed by atoms with Crippen LogP contribution in [0.1, 0.15) is 36.7 Å². The number of carbonyl (C=O) groups excluding carboxylic acids is 1. The zero-order valence-electron chi connectivity index (χ0n) is 18.2. The highest BCUT2D eigenvalue weighted by Gasteiger charge is 2.15. The van der Waals surface area contributed by atoms with E-state index in [9.17, 15) is 14.3 Å². The molecule has 0 fully saturated rings. The van der Waals surface area contributed by atoms with E-state index < -0.39 is 11.9 Å². The Balaban J connectivity index is 0.00000176. The SMILES string of the molecule is C=Cc1cnc(-c2cc(Cl)ccc2F)cc1Nc1ccncc1C(=O)NCC(C)O.CC. The summed E-state index contributed by atoms with van der Waals surface area (Å²) in [4.78, 5) is 20.8. The minimum absolute atomic E-state index is 0.110. The fourth-order valence-corrected chi connectivity index (χ4v) is 2.92. The molecule has 0 spiro atoms. The Bertz CT molecular complexity index is 1090. The molecule has 0 bridgehead atoms. The number of aliphatic hydroxyl groups excluding tert-OH is 1. The summed E-state index contributed by atoms with van der Waals surface area (Å²) in [7, 11) is 0. The van der Waals surface area contributed by atoms with Crippen LogP contribution in [0.2, 0.25) is 5.02 Å². The van der Waals surface area contributed by atoms with E-state index in [2.05, 4.69) is 27.2 Å². The van der Waals surface area contributed by atoms with Gasteiger partial charge in [0.1, 0.15) is 5.82 Å². The number of nitrogens with one attached hydrogen (secondary N) is 2. The van der Waals surface area contributed by atoms with Gasteiger partial charge < -0.3 is 15.7 Å². The highest BCUT2D eigenvalue weighted by Crippen LogP contribution is 2.30. The Hall–Kier alpha value is -3.29. The molecule has 0 aliphatic rings. The smallest absolute Gasteiger partial charge is 0.255 e. The van der Waals surface area contributed by atoms with E-state index >= 15 is 0 Å². The predicted octanol–water partition coefficient (Wildman–Crippen LogP) is 5.46. The number of anilines is 2. The first kappa shape index (κ1) is 25.0. The van der Waals surface area contributed by atoms with Crippen LogP contribution >= 0.6 is 11.6 Å². The Kier molecular flexibility index (Phi) is 9.31. The number of aromatic nitrogens is 2.